The molecule has 15 heteroatoms. The number of carbonyl (C=O) groups excluding carboxylic acids is 2. The summed E-state index contributed by atoms with van der Waals surface area (Å²) < 4.78 is 47.9. The second-order valence-corrected chi connectivity index (χ2v) is 12.7. The summed E-state index contributed by atoms with van der Waals surface area (Å²) in [5.41, 5.74) is 1.26. The molecule has 248 valence electrons. The van der Waals surface area contributed by atoms with E-state index in [1.807, 2.05) is 26.0 Å². The van der Waals surface area contributed by atoms with Gasteiger partial charge in [-0.25, -0.2) is 24.4 Å². The monoisotopic (exact) mass is 676 g/mol. The average Bonchev–Trinajstić information content (AvgIpc) is 3.78. The van der Waals surface area contributed by atoms with Crippen LogP contribution in [0.15, 0.2) is 67.1 Å². The van der Waals surface area contributed by atoms with Gasteiger partial charge in [0.25, 0.3) is 0 Å². The van der Waals surface area contributed by atoms with Crippen LogP contribution in [0.1, 0.15) is 43.5 Å². The number of rotatable bonds is 9. The minimum atomic E-state index is -4.54. The maximum absolute atomic E-state index is 13.6. The Morgan fingerprint density at radius 3 is 2.44 bits per heavy atom. The van der Waals surface area contributed by atoms with Crippen molar-refractivity contribution in [1.82, 2.24) is 24.7 Å². The number of halogens is 3. The molecule has 0 saturated carbocycles. The van der Waals surface area contributed by atoms with Gasteiger partial charge in [-0.05, 0) is 73.2 Å². The van der Waals surface area contributed by atoms with E-state index in [-0.39, 0.29) is 40.6 Å². The predicted molar refractivity (Wildman–Crippen MR) is 176 cm³/mol. The summed E-state index contributed by atoms with van der Waals surface area (Å²) in [6, 6.07) is 12.2. The molecule has 6 rings (SSSR count). The van der Waals surface area contributed by atoms with Crippen LogP contribution in [0, 0.1) is 12.8 Å². The Kier molecular flexibility index (Phi) is 9.13. The van der Waals surface area contributed by atoms with E-state index in [1.54, 1.807) is 29.3 Å². The molecule has 2 aromatic carbocycles. The Morgan fingerprint density at radius 2 is 1.77 bits per heavy atom. The van der Waals surface area contributed by atoms with E-state index in [2.05, 4.69) is 30.7 Å². The first-order valence-corrected chi connectivity index (χ1v) is 16.0. The van der Waals surface area contributed by atoms with E-state index in [4.69, 9.17) is 4.74 Å². The molecule has 11 nitrogen and oxygen atoms in total. The van der Waals surface area contributed by atoms with Crippen molar-refractivity contribution >= 4 is 39.9 Å². The molecule has 3 amide bonds. The van der Waals surface area contributed by atoms with E-state index in [9.17, 15) is 22.8 Å². The SMILES string of the molecule is Cc1ccc(-n2nc(CC(C)C)cc2NC(=O)Nc2cnc(Oc3ccc(-c4cnc(N5CCCC5=O)s4)cc3)nc2)cc1C(F)(F)F. The molecule has 3 aromatic heterocycles. The number of nitrogens with zero attached hydrogens (tertiary/aromatic N) is 6. The fraction of sp³-hybridized carbons (Fsp3) is 0.273. The summed E-state index contributed by atoms with van der Waals surface area (Å²) in [7, 11) is 0. The largest absolute Gasteiger partial charge is 0.424 e. The highest BCUT2D eigenvalue weighted by molar-refractivity contribution is 7.19. The molecule has 0 atom stereocenters. The van der Waals surface area contributed by atoms with E-state index in [1.165, 1.54) is 47.5 Å². The summed E-state index contributed by atoms with van der Waals surface area (Å²) in [5.74, 6) is 1.01. The standard InChI is InChI=1S/C33H31F3N8O3S/c1-19(2)13-22-14-28(44(42-22)24-9-6-20(3)26(15-24)33(34,35)36)41-30(46)40-23-16-37-31(38-17-23)47-25-10-7-21(8-11-25)27-18-39-32(48-27)43-12-4-5-29(43)45/h6-11,14-19H,4-5,12-13H2,1-3H3,(H2,40,41,46). The summed E-state index contributed by atoms with van der Waals surface area (Å²) in [6.07, 6.45) is 1.89. The molecule has 0 unspecified atom stereocenters. The summed E-state index contributed by atoms with van der Waals surface area (Å²) in [4.78, 5) is 40.3. The number of ether oxygens (including phenoxy) is 1. The molecule has 1 aliphatic rings. The molecular formula is C33H31F3N8O3S. The van der Waals surface area contributed by atoms with Gasteiger partial charge in [-0.3, -0.25) is 15.0 Å². The minimum Gasteiger partial charge on any atom is -0.424 e. The van der Waals surface area contributed by atoms with Crippen LogP contribution in [0.2, 0.25) is 0 Å². The number of hydrogen-bond donors (Lipinski definition) is 2. The fourth-order valence-electron chi connectivity index (χ4n) is 5.16. The molecule has 48 heavy (non-hydrogen) atoms. The topological polar surface area (TPSA) is 127 Å². The Balaban J connectivity index is 1.10. The maximum Gasteiger partial charge on any atom is 0.416 e. The number of alkyl halides is 3. The zero-order chi connectivity index (χ0) is 34.0. The van der Waals surface area contributed by atoms with Crippen LogP contribution in [0.4, 0.5) is 34.6 Å². The van der Waals surface area contributed by atoms with E-state index >= 15 is 0 Å². The predicted octanol–water partition coefficient (Wildman–Crippen LogP) is 7.87. The molecule has 0 bridgehead atoms. The third-order valence-electron chi connectivity index (χ3n) is 7.42. The van der Waals surface area contributed by atoms with Gasteiger partial charge in [-0.2, -0.15) is 18.3 Å². The van der Waals surface area contributed by atoms with Crippen LogP contribution in [0.3, 0.4) is 0 Å². The highest BCUT2D eigenvalue weighted by atomic mass is 32.1. The lowest BCUT2D eigenvalue weighted by Gasteiger charge is -2.14. The normalized spacial score (nSPS) is 13.3. The first-order chi connectivity index (χ1) is 22.9. The van der Waals surface area contributed by atoms with Gasteiger partial charge in [0, 0.05) is 25.2 Å². The van der Waals surface area contributed by atoms with Crippen LogP contribution in [-0.2, 0) is 17.4 Å². The van der Waals surface area contributed by atoms with Crippen LogP contribution in [0.5, 0.6) is 11.8 Å². The van der Waals surface area contributed by atoms with Crippen LogP contribution >= 0.6 is 11.3 Å². The smallest absolute Gasteiger partial charge is 0.416 e. The van der Waals surface area contributed by atoms with Crippen molar-refractivity contribution in [2.24, 2.45) is 5.92 Å². The maximum atomic E-state index is 13.6. The molecule has 0 aliphatic carbocycles. The van der Waals surface area contributed by atoms with Gasteiger partial charge < -0.3 is 10.1 Å². The second kappa shape index (κ2) is 13.4. The van der Waals surface area contributed by atoms with Gasteiger partial charge in [-0.15, -0.1) is 0 Å². The molecule has 1 saturated heterocycles. The summed E-state index contributed by atoms with van der Waals surface area (Å²) in [6.45, 7) is 6.06. The summed E-state index contributed by atoms with van der Waals surface area (Å²) >= 11 is 1.45. The van der Waals surface area contributed by atoms with E-state index in [0.29, 0.717) is 36.0 Å². The van der Waals surface area contributed by atoms with Crippen molar-refractivity contribution in [3.05, 3.63) is 83.9 Å². The lowest BCUT2D eigenvalue weighted by molar-refractivity contribution is -0.138. The van der Waals surface area contributed by atoms with Crippen molar-refractivity contribution in [2.45, 2.75) is 46.2 Å². The molecule has 1 fully saturated rings. The molecule has 0 radical (unpaired) electrons. The number of carbonyl (C=O) groups is 2. The zero-order valence-electron chi connectivity index (χ0n) is 26.2. The Labute approximate surface area is 277 Å². The van der Waals surface area contributed by atoms with E-state index in [0.717, 1.165) is 22.9 Å². The van der Waals surface area contributed by atoms with Gasteiger partial charge in [0.05, 0.1) is 39.9 Å². The Hall–Kier alpha value is -5.31. The lowest BCUT2D eigenvalue weighted by atomic mass is 10.1. The first kappa shape index (κ1) is 32.6. The highest BCUT2D eigenvalue weighted by Crippen LogP contribution is 2.35. The summed E-state index contributed by atoms with van der Waals surface area (Å²) in [5, 5.41) is 10.5. The zero-order valence-corrected chi connectivity index (χ0v) is 27.0. The Bertz CT molecular complexity index is 1940. The van der Waals surface area contributed by atoms with Crippen molar-refractivity contribution in [3.63, 3.8) is 0 Å². The highest BCUT2D eigenvalue weighted by Gasteiger charge is 2.33. The molecular weight excluding hydrogens is 645 g/mol. The first-order valence-electron chi connectivity index (χ1n) is 15.1. The molecule has 0 spiro atoms. The number of aromatic nitrogens is 5. The van der Waals surface area contributed by atoms with Crippen LogP contribution < -0.4 is 20.3 Å². The van der Waals surface area contributed by atoms with Gasteiger partial charge >= 0.3 is 18.2 Å². The van der Waals surface area contributed by atoms with Gasteiger partial charge in [0.2, 0.25) is 5.91 Å². The number of benzene rings is 2. The van der Waals surface area contributed by atoms with E-state index < -0.39 is 17.8 Å². The molecule has 2 N–H and O–H groups in total. The number of aryl methyl sites for hydroxylation is 1. The van der Waals surface area contributed by atoms with Crippen LogP contribution in [-0.4, -0.2) is 43.2 Å². The van der Waals surface area contributed by atoms with Gasteiger partial charge in [0.15, 0.2) is 5.13 Å². The second-order valence-electron chi connectivity index (χ2n) is 11.6. The third kappa shape index (κ3) is 7.46. The lowest BCUT2D eigenvalue weighted by Crippen LogP contribution is -2.23. The molecule has 4 heterocycles. The minimum absolute atomic E-state index is 0.0533. The number of amides is 3. The third-order valence-corrected chi connectivity index (χ3v) is 8.49. The fourth-order valence-corrected chi connectivity index (χ4v) is 6.12. The number of hydrogen-bond acceptors (Lipinski definition) is 8. The quantitative estimate of drug-likeness (QED) is 0.163. The number of thiazole rings is 1. The van der Waals surface area contributed by atoms with Crippen molar-refractivity contribution in [3.8, 4) is 27.9 Å². The van der Waals surface area contributed by atoms with Crippen molar-refractivity contribution in [2.75, 3.05) is 22.1 Å². The van der Waals surface area contributed by atoms with Crippen molar-refractivity contribution < 1.29 is 27.5 Å². The molecule has 5 aromatic rings. The molecule has 1 aliphatic heterocycles. The van der Waals surface area contributed by atoms with Gasteiger partial charge in [0.1, 0.15) is 11.6 Å². The van der Waals surface area contributed by atoms with Crippen molar-refractivity contribution in [1.29, 1.82) is 0 Å². The Morgan fingerprint density at radius 1 is 1.02 bits per heavy atom. The average molecular weight is 677 g/mol. The van der Waals surface area contributed by atoms with Crippen LogP contribution in [0.25, 0.3) is 16.1 Å². The number of nitrogens with one attached hydrogen (secondary N) is 2. The number of urea groups is 1. The number of anilines is 3. The van der Waals surface area contributed by atoms with Gasteiger partial charge in [-0.1, -0.05) is 31.3 Å².